The lowest BCUT2D eigenvalue weighted by atomic mass is 9.93. The van der Waals surface area contributed by atoms with Crippen LogP contribution in [0.2, 0.25) is 0 Å². The number of hydrogen-bond donors (Lipinski definition) is 2. The van der Waals surface area contributed by atoms with Gasteiger partial charge in [0.25, 0.3) is 0 Å². The molecular weight excluding hydrogens is 330 g/mol. The number of nitrogens with zero attached hydrogens (tertiary/aromatic N) is 1. The third-order valence-electron chi connectivity index (χ3n) is 5.40. The first-order valence-corrected chi connectivity index (χ1v) is 9.57. The Morgan fingerprint density at radius 1 is 1.23 bits per heavy atom. The van der Waals surface area contributed by atoms with E-state index in [1.54, 1.807) is 7.11 Å². The molecule has 2 N–H and O–H groups in total. The van der Waals surface area contributed by atoms with Crippen LogP contribution in [0.25, 0.3) is 0 Å². The van der Waals surface area contributed by atoms with Crippen LogP contribution in [-0.2, 0) is 16.1 Å². The molecule has 2 heterocycles. The van der Waals surface area contributed by atoms with Crippen LogP contribution < -0.4 is 15.4 Å². The minimum absolute atomic E-state index is 0.00757. The maximum atomic E-state index is 12.6. The zero-order valence-corrected chi connectivity index (χ0v) is 15.5. The molecule has 1 aromatic carbocycles. The fourth-order valence-corrected chi connectivity index (χ4v) is 3.75. The Kier molecular flexibility index (Phi) is 6.50. The Bertz CT molecular complexity index is 611. The van der Waals surface area contributed by atoms with E-state index in [2.05, 4.69) is 10.6 Å². The van der Waals surface area contributed by atoms with E-state index in [0.29, 0.717) is 31.8 Å². The lowest BCUT2D eigenvalue weighted by Crippen LogP contribution is -2.41. The fraction of sp³-hybridized carbons (Fsp3) is 0.600. The van der Waals surface area contributed by atoms with Crippen molar-refractivity contribution in [2.24, 2.45) is 5.92 Å². The number of hydrogen-bond acceptors (Lipinski definition) is 4. The molecule has 0 aliphatic carbocycles. The van der Waals surface area contributed by atoms with Crippen LogP contribution in [0.1, 0.15) is 37.7 Å². The van der Waals surface area contributed by atoms with Gasteiger partial charge in [0.1, 0.15) is 11.8 Å². The average Bonchev–Trinajstić information content (AvgIpc) is 3.01. The van der Waals surface area contributed by atoms with Gasteiger partial charge in [0.05, 0.1) is 7.11 Å². The molecule has 6 heteroatoms. The van der Waals surface area contributed by atoms with Crippen LogP contribution in [0.3, 0.4) is 0 Å². The highest BCUT2D eigenvalue weighted by molar-refractivity contribution is 5.89. The summed E-state index contributed by atoms with van der Waals surface area (Å²) in [6.45, 7) is 3.36. The number of rotatable bonds is 7. The standard InChI is InChI=1S/C20H29N3O3/c1-26-17-5-2-16(3-6-17)14-23-13-10-18(20(23)25)22-19(24)7-4-15-8-11-21-12-9-15/h2-3,5-6,15,18,21H,4,7-14H2,1H3,(H,22,24). The second-order valence-corrected chi connectivity index (χ2v) is 7.25. The zero-order valence-electron chi connectivity index (χ0n) is 15.5. The lowest BCUT2D eigenvalue weighted by Gasteiger charge is -2.22. The summed E-state index contributed by atoms with van der Waals surface area (Å²) in [4.78, 5) is 26.6. The van der Waals surface area contributed by atoms with Gasteiger partial charge < -0.3 is 20.3 Å². The van der Waals surface area contributed by atoms with E-state index in [9.17, 15) is 9.59 Å². The number of amides is 2. The Labute approximate surface area is 155 Å². The summed E-state index contributed by atoms with van der Waals surface area (Å²) >= 11 is 0. The first kappa shape index (κ1) is 18.7. The number of ether oxygens (including phenoxy) is 1. The molecule has 142 valence electrons. The highest BCUT2D eigenvalue weighted by Gasteiger charge is 2.32. The monoisotopic (exact) mass is 359 g/mol. The van der Waals surface area contributed by atoms with E-state index in [0.717, 1.165) is 43.7 Å². The summed E-state index contributed by atoms with van der Waals surface area (Å²) in [6, 6.07) is 7.37. The Morgan fingerprint density at radius 2 is 1.96 bits per heavy atom. The molecule has 2 amide bonds. The molecule has 2 saturated heterocycles. The molecular formula is C20H29N3O3. The van der Waals surface area contributed by atoms with E-state index >= 15 is 0 Å². The summed E-state index contributed by atoms with van der Waals surface area (Å²) in [7, 11) is 1.64. The van der Waals surface area contributed by atoms with Crippen molar-refractivity contribution >= 4 is 11.8 Å². The van der Waals surface area contributed by atoms with Gasteiger partial charge in [-0.3, -0.25) is 9.59 Å². The van der Waals surface area contributed by atoms with Crippen LogP contribution in [0.4, 0.5) is 0 Å². The topological polar surface area (TPSA) is 70.7 Å². The largest absolute Gasteiger partial charge is 0.497 e. The van der Waals surface area contributed by atoms with Gasteiger partial charge in [-0.2, -0.15) is 0 Å². The molecule has 26 heavy (non-hydrogen) atoms. The van der Waals surface area contributed by atoms with Crippen LogP contribution in [0.15, 0.2) is 24.3 Å². The molecule has 2 aliphatic heterocycles. The number of piperidine rings is 1. The minimum atomic E-state index is -0.367. The predicted molar refractivity (Wildman–Crippen MR) is 99.8 cm³/mol. The summed E-state index contributed by atoms with van der Waals surface area (Å²) in [5.74, 6) is 1.47. The van der Waals surface area contributed by atoms with Crippen LogP contribution in [-0.4, -0.2) is 49.5 Å². The van der Waals surface area contributed by atoms with E-state index < -0.39 is 0 Å². The van der Waals surface area contributed by atoms with Gasteiger partial charge in [-0.1, -0.05) is 12.1 Å². The molecule has 0 bridgehead atoms. The van der Waals surface area contributed by atoms with Crippen molar-refractivity contribution < 1.29 is 14.3 Å². The number of benzene rings is 1. The summed E-state index contributed by atoms with van der Waals surface area (Å²) in [5.41, 5.74) is 1.07. The molecule has 1 aromatic rings. The van der Waals surface area contributed by atoms with Crippen molar-refractivity contribution in [1.82, 2.24) is 15.5 Å². The summed E-state index contributed by atoms with van der Waals surface area (Å²) in [6.07, 6.45) is 4.42. The van der Waals surface area contributed by atoms with Crippen LogP contribution in [0, 0.1) is 5.92 Å². The van der Waals surface area contributed by atoms with E-state index in [4.69, 9.17) is 4.74 Å². The second kappa shape index (κ2) is 9.03. The molecule has 6 nitrogen and oxygen atoms in total. The fourth-order valence-electron chi connectivity index (χ4n) is 3.75. The van der Waals surface area contributed by atoms with Gasteiger partial charge in [-0.15, -0.1) is 0 Å². The van der Waals surface area contributed by atoms with E-state index in [1.807, 2.05) is 29.2 Å². The summed E-state index contributed by atoms with van der Waals surface area (Å²) in [5, 5.41) is 6.28. The molecule has 3 rings (SSSR count). The van der Waals surface area contributed by atoms with Gasteiger partial charge in [-0.25, -0.2) is 0 Å². The molecule has 1 atom stereocenters. The number of carbonyl (C=O) groups is 2. The van der Waals surface area contributed by atoms with Gasteiger partial charge in [0, 0.05) is 19.5 Å². The van der Waals surface area contributed by atoms with Gasteiger partial charge in [-0.05, 0) is 62.4 Å². The first-order chi connectivity index (χ1) is 12.7. The van der Waals surface area contributed by atoms with Crippen molar-refractivity contribution in [2.45, 2.75) is 44.7 Å². The predicted octanol–water partition coefficient (Wildman–Crippen LogP) is 1.69. The Morgan fingerprint density at radius 3 is 2.65 bits per heavy atom. The molecule has 0 spiro atoms. The first-order valence-electron chi connectivity index (χ1n) is 9.57. The van der Waals surface area contributed by atoms with Crippen LogP contribution in [0.5, 0.6) is 5.75 Å². The van der Waals surface area contributed by atoms with Crippen molar-refractivity contribution in [3.05, 3.63) is 29.8 Å². The number of carbonyl (C=O) groups excluding carboxylic acids is 2. The third-order valence-corrected chi connectivity index (χ3v) is 5.40. The highest BCUT2D eigenvalue weighted by atomic mass is 16.5. The van der Waals surface area contributed by atoms with E-state index in [-0.39, 0.29) is 17.9 Å². The van der Waals surface area contributed by atoms with Gasteiger partial charge in [0.15, 0.2) is 0 Å². The van der Waals surface area contributed by atoms with Gasteiger partial charge >= 0.3 is 0 Å². The number of methoxy groups -OCH3 is 1. The maximum Gasteiger partial charge on any atom is 0.245 e. The second-order valence-electron chi connectivity index (χ2n) is 7.25. The molecule has 1 unspecified atom stereocenters. The minimum Gasteiger partial charge on any atom is -0.497 e. The maximum absolute atomic E-state index is 12.6. The van der Waals surface area contributed by atoms with Gasteiger partial charge in [0.2, 0.25) is 11.8 Å². The lowest BCUT2D eigenvalue weighted by molar-refractivity contribution is -0.133. The normalized spacial score (nSPS) is 21.0. The van der Waals surface area contributed by atoms with Crippen molar-refractivity contribution in [3.63, 3.8) is 0 Å². The average molecular weight is 359 g/mol. The van der Waals surface area contributed by atoms with E-state index in [1.165, 1.54) is 0 Å². The van der Waals surface area contributed by atoms with Crippen molar-refractivity contribution in [1.29, 1.82) is 0 Å². The molecule has 0 aromatic heterocycles. The molecule has 0 saturated carbocycles. The molecule has 2 fully saturated rings. The number of nitrogens with one attached hydrogen (secondary N) is 2. The van der Waals surface area contributed by atoms with Crippen molar-refractivity contribution in [3.8, 4) is 5.75 Å². The summed E-state index contributed by atoms with van der Waals surface area (Å²) < 4.78 is 5.16. The Balaban J connectivity index is 1.43. The smallest absolute Gasteiger partial charge is 0.245 e. The van der Waals surface area contributed by atoms with Crippen LogP contribution >= 0.6 is 0 Å². The van der Waals surface area contributed by atoms with Crippen molar-refractivity contribution in [2.75, 3.05) is 26.7 Å². The quantitative estimate of drug-likeness (QED) is 0.777. The molecule has 2 aliphatic rings. The Hall–Kier alpha value is -2.08. The molecule has 0 radical (unpaired) electrons. The SMILES string of the molecule is COc1ccc(CN2CCC(NC(=O)CCC3CCNCC3)C2=O)cc1. The number of likely N-dealkylation sites (tertiary alicyclic amines) is 1. The third kappa shape index (κ3) is 4.97. The highest BCUT2D eigenvalue weighted by Crippen LogP contribution is 2.19. The zero-order chi connectivity index (χ0) is 18.4.